The lowest BCUT2D eigenvalue weighted by Gasteiger charge is -2.04. The van der Waals surface area contributed by atoms with Crippen LogP contribution in [-0.4, -0.2) is 11.7 Å². The maximum atomic E-state index is 9.80. The van der Waals surface area contributed by atoms with Crippen LogP contribution in [0.2, 0.25) is 0 Å². The van der Waals surface area contributed by atoms with Gasteiger partial charge in [-0.1, -0.05) is 18.2 Å². The summed E-state index contributed by atoms with van der Waals surface area (Å²) in [6, 6.07) is 12.3. The third-order valence-electron chi connectivity index (χ3n) is 3.12. The first-order valence-corrected chi connectivity index (χ1v) is 8.03. The first-order valence-electron chi connectivity index (χ1n) is 5.87. The van der Waals surface area contributed by atoms with Crippen molar-refractivity contribution in [1.29, 1.82) is 0 Å². The van der Waals surface area contributed by atoms with Crippen molar-refractivity contribution in [2.24, 2.45) is 0 Å². The van der Waals surface area contributed by atoms with Gasteiger partial charge in [0.15, 0.2) is 0 Å². The van der Waals surface area contributed by atoms with E-state index in [9.17, 15) is 5.11 Å². The van der Waals surface area contributed by atoms with Crippen molar-refractivity contribution in [3.8, 4) is 5.75 Å². The Bertz CT molecular complexity index is 657. The number of fused-ring (bicyclic) bond motifs is 1. The van der Waals surface area contributed by atoms with Gasteiger partial charge in [0.1, 0.15) is 5.75 Å². The molecule has 0 radical (unpaired) electrons. The van der Waals surface area contributed by atoms with E-state index in [2.05, 4.69) is 74.8 Å². The van der Waals surface area contributed by atoms with Gasteiger partial charge in [0.05, 0.1) is 7.14 Å². The van der Waals surface area contributed by atoms with Crippen LogP contribution in [0, 0.1) is 7.14 Å². The summed E-state index contributed by atoms with van der Waals surface area (Å²) >= 11 is 4.32. The molecule has 2 N–H and O–H groups in total. The number of benzene rings is 2. The van der Waals surface area contributed by atoms with Crippen molar-refractivity contribution >= 4 is 62.5 Å². The first kappa shape index (κ1) is 13.2. The van der Waals surface area contributed by atoms with Gasteiger partial charge >= 0.3 is 0 Å². The lowest BCUT2D eigenvalue weighted by molar-refractivity contribution is 0.467. The molecule has 0 bridgehead atoms. The molecule has 0 saturated heterocycles. The molecular weight excluding hydrogens is 464 g/mol. The minimum absolute atomic E-state index is 0.369. The van der Waals surface area contributed by atoms with Crippen LogP contribution in [0.25, 0.3) is 11.6 Å². The van der Waals surface area contributed by atoms with Crippen molar-refractivity contribution in [1.82, 2.24) is 0 Å². The normalized spacial score (nSPS) is 15.4. The number of anilines is 1. The van der Waals surface area contributed by atoms with E-state index >= 15 is 0 Å². The summed E-state index contributed by atoms with van der Waals surface area (Å²) in [6.45, 7) is 0.855. The second-order valence-corrected chi connectivity index (χ2v) is 6.73. The van der Waals surface area contributed by atoms with Crippen molar-refractivity contribution in [2.45, 2.75) is 0 Å². The van der Waals surface area contributed by atoms with Crippen LogP contribution >= 0.6 is 45.2 Å². The van der Waals surface area contributed by atoms with Gasteiger partial charge in [-0.25, -0.2) is 0 Å². The Morgan fingerprint density at radius 3 is 2.53 bits per heavy atom. The molecule has 2 aromatic rings. The summed E-state index contributed by atoms with van der Waals surface area (Å²) < 4.78 is 1.77. The van der Waals surface area contributed by atoms with Crippen LogP contribution in [0.5, 0.6) is 5.75 Å². The number of aromatic hydroxyl groups is 1. The molecule has 1 aliphatic heterocycles. The number of halogens is 2. The standard InChI is InChI=1S/C15H11I2NO/c16-12-6-9(7-13(17)15(12)19)5-10-8-18-14-4-2-1-3-11(10)14/h1-7,18-19H,8H2. The van der Waals surface area contributed by atoms with Gasteiger partial charge < -0.3 is 10.4 Å². The monoisotopic (exact) mass is 475 g/mol. The van der Waals surface area contributed by atoms with Crippen molar-refractivity contribution in [2.75, 3.05) is 11.9 Å². The highest BCUT2D eigenvalue weighted by molar-refractivity contribution is 14.1. The number of hydrogen-bond donors (Lipinski definition) is 2. The number of para-hydroxylation sites is 1. The molecule has 4 heteroatoms. The average molecular weight is 475 g/mol. The van der Waals surface area contributed by atoms with Gasteiger partial charge in [0.2, 0.25) is 0 Å². The van der Waals surface area contributed by atoms with Crippen molar-refractivity contribution < 1.29 is 5.11 Å². The first-order chi connectivity index (χ1) is 9.15. The molecule has 2 aromatic carbocycles. The predicted molar refractivity (Wildman–Crippen MR) is 96.3 cm³/mol. The summed E-state index contributed by atoms with van der Waals surface area (Å²) in [5, 5.41) is 13.2. The van der Waals surface area contributed by atoms with E-state index < -0.39 is 0 Å². The van der Waals surface area contributed by atoms with E-state index in [1.807, 2.05) is 18.2 Å². The lowest BCUT2D eigenvalue weighted by Crippen LogP contribution is -1.91. The molecule has 2 nitrogen and oxygen atoms in total. The van der Waals surface area contributed by atoms with E-state index in [-0.39, 0.29) is 0 Å². The Morgan fingerprint density at radius 2 is 1.79 bits per heavy atom. The molecule has 0 amide bonds. The molecule has 1 aliphatic rings. The summed E-state index contributed by atoms with van der Waals surface area (Å²) in [5.41, 5.74) is 4.87. The Morgan fingerprint density at radius 1 is 1.11 bits per heavy atom. The van der Waals surface area contributed by atoms with Crippen LogP contribution in [-0.2, 0) is 0 Å². The van der Waals surface area contributed by atoms with Gasteiger partial charge in [-0.05, 0) is 80.6 Å². The fourth-order valence-corrected chi connectivity index (χ4v) is 4.02. The van der Waals surface area contributed by atoms with Gasteiger partial charge in [0.25, 0.3) is 0 Å². The third kappa shape index (κ3) is 2.60. The van der Waals surface area contributed by atoms with Crippen LogP contribution in [0.4, 0.5) is 5.69 Å². The lowest BCUT2D eigenvalue weighted by atomic mass is 10.0. The molecule has 0 aliphatic carbocycles. The van der Waals surface area contributed by atoms with E-state index in [4.69, 9.17) is 0 Å². The minimum atomic E-state index is 0.369. The quantitative estimate of drug-likeness (QED) is 0.593. The SMILES string of the molecule is Oc1c(I)cc(C=C2CNc3ccccc32)cc1I. The number of hydrogen-bond acceptors (Lipinski definition) is 2. The number of phenolic OH excluding ortho intramolecular Hbond substituents is 1. The molecule has 0 unspecified atom stereocenters. The highest BCUT2D eigenvalue weighted by atomic mass is 127. The molecule has 96 valence electrons. The van der Waals surface area contributed by atoms with Crippen molar-refractivity contribution in [3.05, 3.63) is 54.7 Å². The number of phenols is 1. The third-order valence-corrected chi connectivity index (χ3v) is 4.77. The average Bonchev–Trinajstić information content (AvgIpc) is 2.79. The van der Waals surface area contributed by atoms with Gasteiger partial charge in [0, 0.05) is 17.8 Å². The Hall–Kier alpha value is -0.760. The summed E-state index contributed by atoms with van der Waals surface area (Å²) in [5.74, 6) is 0.369. The van der Waals surface area contributed by atoms with E-state index in [0.29, 0.717) is 5.75 Å². The van der Waals surface area contributed by atoms with E-state index in [0.717, 1.165) is 19.2 Å². The molecular formula is C15H11I2NO. The predicted octanol–water partition coefficient (Wildman–Crippen LogP) is 4.57. The molecule has 0 aromatic heterocycles. The fourth-order valence-electron chi connectivity index (χ4n) is 2.20. The van der Waals surface area contributed by atoms with Crippen LogP contribution in [0.3, 0.4) is 0 Å². The van der Waals surface area contributed by atoms with E-state index in [1.165, 1.54) is 16.8 Å². The Kier molecular flexibility index (Phi) is 3.70. The van der Waals surface area contributed by atoms with E-state index in [1.54, 1.807) is 0 Å². The van der Waals surface area contributed by atoms with Crippen LogP contribution in [0.15, 0.2) is 36.4 Å². The largest absolute Gasteiger partial charge is 0.506 e. The second kappa shape index (κ2) is 5.32. The maximum Gasteiger partial charge on any atom is 0.142 e. The molecule has 0 fully saturated rings. The van der Waals surface area contributed by atoms with Crippen LogP contribution in [0.1, 0.15) is 11.1 Å². The summed E-state index contributed by atoms with van der Waals surface area (Å²) in [7, 11) is 0. The second-order valence-electron chi connectivity index (χ2n) is 4.40. The topological polar surface area (TPSA) is 32.3 Å². The van der Waals surface area contributed by atoms with Gasteiger partial charge in [-0.15, -0.1) is 0 Å². The molecule has 19 heavy (non-hydrogen) atoms. The molecule has 1 heterocycles. The molecule has 0 spiro atoms. The van der Waals surface area contributed by atoms with Gasteiger partial charge in [-0.3, -0.25) is 0 Å². The highest BCUT2D eigenvalue weighted by Gasteiger charge is 2.14. The highest BCUT2D eigenvalue weighted by Crippen LogP contribution is 2.33. The summed E-state index contributed by atoms with van der Waals surface area (Å²) in [4.78, 5) is 0. The Labute approximate surface area is 139 Å². The smallest absolute Gasteiger partial charge is 0.142 e. The fraction of sp³-hybridized carbons (Fsp3) is 0.0667. The zero-order valence-corrected chi connectivity index (χ0v) is 14.3. The summed E-state index contributed by atoms with van der Waals surface area (Å²) in [6.07, 6.45) is 2.18. The maximum absolute atomic E-state index is 9.80. The Balaban J connectivity index is 2.04. The van der Waals surface area contributed by atoms with Crippen molar-refractivity contribution in [3.63, 3.8) is 0 Å². The molecule has 3 rings (SSSR count). The van der Waals surface area contributed by atoms with Crippen LogP contribution < -0.4 is 5.32 Å². The number of rotatable bonds is 1. The molecule has 0 atom stereocenters. The zero-order valence-electron chi connectivity index (χ0n) is 9.95. The molecule has 0 saturated carbocycles. The number of nitrogens with one attached hydrogen (secondary N) is 1. The zero-order chi connectivity index (χ0) is 13.4. The van der Waals surface area contributed by atoms with Gasteiger partial charge in [-0.2, -0.15) is 0 Å². The minimum Gasteiger partial charge on any atom is -0.506 e.